The molecule has 7 heteroatoms. The van der Waals surface area contributed by atoms with Crippen LogP contribution < -0.4 is 11.2 Å². The normalized spacial score (nSPS) is 15.0. The molecule has 3 rings (SSSR count). The molecule has 2 aromatic heterocycles. The van der Waals surface area contributed by atoms with Crippen molar-refractivity contribution in [1.29, 1.82) is 0 Å². The Bertz CT molecular complexity index is 840. The Morgan fingerprint density at radius 1 is 1.22 bits per heavy atom. The number of hydrogen-bond donors (Lipinski definition) is 0. The number of nitrogens with zero attached hydrogens (tertiary/aromatic N) is 3. The summed E-state index contributed by atoms with van der Waals surface area (Å²) in [5.74, 6) is 0.132. The minimum atomic E-state index is -0.387. The fourth-order valence-electron chi connectivity index (χ4n) is 3.01. The Labute approximate surface area is 138 Å². The first kappa shape index (κ1) is 16.0. The second-order valence-electron chi connectivity index (χ2n) is 6.40. The second-order valence-corrected chi connectivity index (χ2v) is 7.32. The third-order valence-electron chi connectivity index (χ3n) is 4.14. The molecular formula is C16H21N3O3S. The topological polar surface area (TPSA) is 64.3 Å². The first-order chi connectivity index (χ1) is 11.0. The zero-order chi connectivity index (χ0) is 16.6. The number of hydrogen-bond acceptors (Lipinski definition) is 4. The Kier molecular flexibility index (Phi) is 4.39. The fourth-order valence-corrected chi connectivity index (χ4v) is 3.86. The summed E-state index contributed by atoms with van der Waals surface area (Å²) in [6.07, 6.45) is 2.03. The molecule has 0 N–H and O–H groups in total. The molecule has 23 heavy (non-hydrogen) atoms. The number of amides is 1. The molecule has 0 aromatic carbocycles. The van der Waals surface area contributed by atoms with E-state index in [0.29, 0.717) is 16.8 Å². The average Bonchev–Trinajstić information content (AvgIpc) is 3.18. The summed E-state index contributed by atoms with van der Waals surface area (Å²) < 4.78 is 3.26. The summed E-state index contributed by atoms with van der Waals surface area (Å²) in [4.78, 5) is 39.5. The van der Waals surface area contributed by atoms with Crippen LogP contribution in [-0.4, -0.2) is 33.0 Å². The maximum atomic E-state index is 12.7. The highest BCUT2D eigenvalue weighted by Gasteiger charge is 2.21. The van der Waals surface area contributed by atoms with Crippen LogP contribution in [0.3, 0.4) is 0 Å². The van der Waals surface area contributed by atoms with Crippen molar-refractivity contribution < 1.29 is 4.79 Å². The van der Waals surface area contributed by atoms with Gasteiger partial charge in [0.25, 0.3) is 5.56 Å². The molecule has 1 fully saturated rings. The molecule has 0 aliphatic carbocycles. The molecule has 2 aromatic rings. The van der Waals surface area contributed by atoms with Crippen molar-refractivity contribution in [2.24, 2.45) is 5.92 Å². The number of fused-ring (bicyclic) bond motifs is 1. The zero-order valence-corrected chi connectivity index (χ0v) is 14.3. The van der Waals surface area contributed by atoms with Gasteiger partial charge in [0.05, 0.1) is 5.52 Å². The van der Waals surface area contributed by atoms with Crippen LogP contribution in [0.5, 0.6) is 0 Å². The Morgan fingerprint density at radius 3 is 2.57 bits per heavy atom. The number of carbonyl (C=O) groups excluding carboxylic acids is 1. The lowest BCUT2D eigenvalue weighted by Crippen LogP contribution is -2.43. The van der Waals surface area contributed by atoms with Gasteiger partial charge in [0.2, 0.25) is 5.91 Å². The molecule has 1 aliphatic rings. The predicted molar refractivity (Wildman–Crippen MR) is 91.0 cm³/mol. The van der Waals surface area contributed by atoms with Crippen molar-refractivity contribution in [2.45, 2.75) is 39.8 Å². The third kappa shape index (κ3) is 2.97. The summed E-state index contributed by atoms with van der Waals surface area (Å²) in [5.41, 5.74) is -0.0710. The van der Waals surface area contributed by atoms with Crippen molar-refractivity contribution in [3.63, 3.8) is 0 Å². The van der Waals surface area contributed by atoms with Crippen molar-refractivity contribution >= 4 is 27.5 Å². The second kappa shape index (κ2) is 6.31. The number of carbonyl (C=O) groups is 1. The van der Waals surface area contributed by atoms with Crippen LogP contribution >= 0.6 is 11.3 Å². The minimum Gasteiger partial charge on any atom is -0.341 e. The lowest BCUT2D eigenvalue weighted by molar-refractivity contribution is -0.130. The van der Waals surface area contributed by atoms with Crippen molar-refractivity contribution in [3.8, 4) is 0 Å². The molecule has 0 bridgehead atoms. The minimum absolute atomic E-state index is 0.00441. The van der Waals surface area contributed by atoms with Gasteiger partial charge >= 0.3 is 5.69 Å². The lowest BCUT2D eigenvalue weighted by atomic mass is 10.2. The summed E-state index contributed by atoms with van der Waals surface area (Å²) >= 11 is 1.32. The maximum Gasteiger partial charge on any atom is 0.332 e. The molecule has 1 aliphatic heterocycles. The molecule has 124 valence electrons. The number of rotatable bonds is 4. The molecule has 0 saturated carbocycles. The van der Waals surface area contributed by atoms with Gasteiger partial charge in [-0.15, -0.1) is 11.3 Å². The van der Waals surface area contributed by atoms with Crippen LogP contribution in [0.2, 0.25) is 0 Å². The Morgan fingerprint density at radius 2 is 1.91 bits per heavy atom. The van der Waals surface area contributed by atoms with E-state index in [4.69, 9.17) is 0 Å². The SMILES string of the molecule is CC(C)Cn1c(=O)c2sccc2n(CC(=O)N2CCCC2)c1=O. The van der Waals surface area contributed by atoms with Gasteiger partial charge in [-0.05, 0) is 30.2 Å². The van der Waals surface area contributed by atoms with Gasteiger partial charge in [0, 0.05) is 19.6 Å². The van der Waals surface area contributed by atoms with Gasteiger partial charge in [0.15, 0.2) is 0 Å². The largest absolute Gasteiger partial charge is 0.341 e. The first-order valence-electron chi connectivity index (χ1n) is 7.97. The smallest absolute Gasteiger partial charge is 0.332 e. The molecule has 1 saturated heterocycles. The molecule has 0 radical (unpaired) electrons. The monoisotopic (exact) mass is 335 g/mol. The van der Waals surface area contributed by atoms with Gasteiger partial charge in [-0.2, -0.15) is 0 Å². The van der Waals surface area contributed by atoms with Gasteiger partial charge in [-0.3, -0.25) is 18.7 Å². The van der Waals surface area contributed by atoms with E-state index in [9.17, 15) is 14.4 Å². The molecular weight excluding hydrogens is 314 g/mol. The molecule has 0 unspecified atom stereocenters. The van der Waals surface area contributed by atoms with Crippen LogP contribution in [0, 0.1) is 5.92 Å². The predicted octanol–water partition coefficient (Wildman–Crippen LogP) is 1.50. The van der Waals surface area contributed by atoms with Crippen molar-refractivity contribution in [2.75, 3.05) is 13.1 Å². The van der Waals surface area contributed by atoms with E-state index in [1.54, 1.807) is 16.3 Å². The standard InChI is InChI=1S/C16H21N3O3S/c1-11(2)9-19-15(21)14-12(5-8-23-14)18(16(19)22)10-13(20)17-6-3-4-7-17/h5,8,11H,3-4,6-7,9-10H2,1-2H3. The van der Waals surface area contributed by atoms with E-state index >= 15 is 0 Å². The van der Waals surface area contributed by atoms with E-state index in [-0.39, 0.29) is 29.6 Å². The van der Waals surface area contributed by atoms with E-state index in [2.05, 4.69) is 0 Å². The van der Waals surface area contributed by atoms with Crippen LogP contribution in [0.1, 0.15) is 26.7 Å². The van der Waals surface area contributed by atoms with Crippen LogP contribution in [-0.2, 0) is 17.9 Å². The van der Waals surface area contributed by atoms with Crippen LogP contribution in [0.15, 0.2) is 21.0 Å². The summed E-state index contributed by atoms with van der Waals surface area (Å²) in [6.45, 7) is 5.81. The van der Waals surface area contributed by atoms with E-state index in [0.717, 1.165) is 25.9 Å². The average molecular weight is 335 g/mol. The quantitative estimate of drug-likeness (QED) is 0.851. The van der Waals surface area contributed by atoms with E-state index < -0.39 is 0 Å². The Hall–Kier alpha value is -1.89. The summed E-state index contributed by atoms with van der Waals surface area (Å²) in [5, 5.41) is 1.79. The Balaban J connectivity index is 2.08. The molecule has 6 nitrogen and oxygen atoms in total. The van der Waals surface area contributed by atoms with Crippen LogP contribution in [0.4, 0.5) is 0 Å². The molecule has 0 atom stereocenters. The van der Waals surface area contributed by atoms with Gasteiger partial charge in [-0.25, -0.2) is 4.79 Å². The highest BCUT2D eigenvalue weighted by molar-refractivity contribution is 7.17. The zero-order valence-electron chi connectivity index (χ0n) is 13.4. The summed E-state index contributed by atoms with van der Waals surface area (Å²) in [6, 6.07) is 1.75. The molecule has 0 spiro atoms. The van der Waals surface area contributed by atoms with Crippen molar-refractivity contribution in [3.05, 3.63) is 32.3 Å². The highest BCUT2D eigenvalue weighted by Crippen LogP contribution is 2.16. The van der Waals surface area contributed by atoms with Gasteiger partial charge in [0.1, 0.15) is 11.2 Å². The van der Waals surface area contributed by atoms with Crippen LogP contribution in [0.25, 0.3) is 10.2 Å². The van der Waals surface area contributed by atoms with E-state index in [1.807, 2.05) is 13.8 Å². The third-order valence-corrected chi connectivity index (χ3v) is 5.03. The number of aromatic nitrogens is 2. The fraction of sp³-hybridized carbons (Fsp3) is 0.562. The lowest BCUT2D eigenvalue weighted by Gasteiger charge is -2.18. The van der Waals surface area contributed by atoms with Gasteiger partial charge in [-0.1, -0.05) is 13.8 Å². The number of likely N-dealkylation sites (tertiary alicyclic amines) is 1. The molecule has 3 heterocycles. The first-order valence-corrected chi connectivity index (χ1v) is 8.85. The van der Waals surface area contributed by atoms with E-state index in [1.165, 1.54) is 20.5 Å². The van der Waals surface area contributed by atoms with Gasteiger partial charge < -0.3 is 4.90 Å². The highest BCUT2D eigenvalue weighted by atomic mass is 32.1. The van der Waals surface area contributed by atoms with Crippen molar-refractivity contribution in [1.82, 2.24) is 14.0 Å². The summed E-state index contributed by atoms with van der Waals surface area (Å²) in [7, 11) is 0. The number of thiophene rings is 1. The molecule has 1 amide bonds. The maximum absolute atomic E-state index is 12.7.